The lowest BCUT2D eigenvalue weighted by Gasteiger charge is -2.16. The molecule has 3 aromatic rings. The highest BCUT2D eigenvalue weighted by Gasteiger charge is 2.36. The number of aryl methyl sites for hydroxylation is 1. The highest BCUT2D eigenvalue weighted by Crippen LogP contribution is 2.37. The normalized spacial score (nSPS) is 12.2. The number of anilines is 1. The number of pyridine rings is 1. The number of halogens is 7. The molecule has 0 radical (unpaired) electrons. The molecule has 9 heteroatoms. The molecule has 2 N–H and O–H groups in total. The van der Waals surface area contributed by atoms with Crippen molar-refractivity contribution in [2.75, 3.05) is 5.73 Å². The molecule has 3 rings (SSSR count). The zero-order chi connectivity index (χ0) is 22.8. The predicted octanol–water partition coefficient (Wildman–Crippen LogP) is 7.20. The van der Waals surface area contributed by atoms with Gasteiger partial charge in [-0.1, -0.05) is 17.7 Å². The molecule has 0 aliphatic rings. The number of hydrogen-bond acceptors (Lipinski definition) is 2. The SMILES string of the molecule is Nc1ccc(Cl)c(-c2ccccn2)c1CCCc1cc(C(F)(F)F)cc(C(F)(F)F)c1. The molecule has 2 nitrogen and oxygen atoms in total. The molecule has 0 saturated heterocycles. The first-order chi connectivity index (χ1) is 14.5. The molecule has 0 aliphatic carbocycles. The first-order valence-corrected chi connectivity index (χ1v) is 9.61. The molecule has 1 heterocycles. The van der Waals surface area contributed by atoms with Crippen molar-refractivity contribution < 1.29 is 26.3 Å². The van der Waals surface area contributed by atoms with E-state index < -0.39 is 23.5 Å². The Bertz CT molecular complexity index is 1030. The van der Waals surface area contributed by atoms with E-state index in [4.69, 9.17) is 17.3 Å². The Morgan fingerprint density at radius 3 is 2.03 bits per heavy atom. The number of nitrogens with two attached hydrogens (primary N) is 1. The van der Waals surface area contributed by atoms with Crippen molar-refractivity contribution in [2.24, 2.45) is 0 Å². The van der Waals surface area contributed by atoms with Gasteiger partial charge in [0.2, 0.25) is 0 Å². The van der Waals surface area contributed by atoms with Gasteiger partial charge in [-0.3, -0.25) is 4.98 Å². The van der Waals surface area contributed by atoms with E-state index >= 15 is 0 Å². The molecule has 0 spiro atoms. The second-order valence-corrected chi connectivity index (χ2v) is 7.38. The van der Waals surface area contributed by atoms with Gasteiger partial charge in [0.15, 0.2) is 0 Å². The van der Waals surface area contributed by atoms with Gasteiger partial charge in [-0.05, 0) is 72.9 Å². The van der Waals surface area contributed by atoms with Crippen LogP contribution in [-0.2, 0) is 25.2 Å². The average molecular weight is 459 g/mol. The Hall–Kier alpha value is -2.74. The minimum Gasteiger partial charge on any atom is -0.398 e. The molecule has 0 bridgehead atoms. The van der Waals surface area contributed by atoms with Crippen LogP contribution in [-0.4, -0.2) is 4.98 Å². The minimum atomic E-state index is -4.88. The van der Waals surface area contributed by atoms with E-state index in [9.17, 15) is 26.3 Å². The van der Waals surface area contributed by atoms with Gasteiger partial charge >= 0.3 is 12.4 Å². The number of nitrogen functional groups attached to an aromatic ring is 1. The van der Waals surface area contributed by atoms with Crippen molar-refractivity contribution in [1.82, 2.24) is 4.98 Å². The maximum Gasteiger partial charge on any atom is 0.416 e. The summed E-state index contributed by atoms with van der Waals surface area (Å²) in [5.74, 6) is 0. The lowest BCUT2D eigenvalue weighted by Crippen LogP contribution is -2.12. The summed E-state index contributed by atoms with van der Waals surface area (Å²) in [4.78, 5) is 4.27. The average Bonchev–Trinajstić information content (AvgIpc) is 2.70. The highest BCUT2D eigenvalue weighted by molar-refractivity contribution is 6.33. The number of rotatable bonds is 5. The molecule has 0 unspecified atom stereocenters. The number of alkyl halides is 6. The third-order valence-electron chi connectivity index (χ3n) is 4.76. The summed E-state index contributed by atoms with van der Waals surface area (Å²) in [7, 11) is 0. The van der Waals surface area contributed by atoms with Crippen molar-refractivity contribution in [2.45, 2.75) is 31.6 Å². The van der Waals surface area contributed by atoms with Crippen LogP contribution in [0.5, 0.6) is 0 Å². The van der Waals surface area contributed by atoms with E-state index in [2.05, 4.69) is 4.98 Å². The van der Waals surface area contributed by atoms with Crippen LogP contribution in [0, 0.1) is 0 Å². The maximum absolute atomic E-state index is 13.1. The summed E-state index contributed by atoms with van der Waals surface area (Å²) >= 11 is 6.33. The Morgan fingerprint density at radius 2 is 1.48 bits per heavy atom. The summed E-state index contributed by atoms with van der Waals surface area (Å²) in [5, 5.41) is 0.404. The molecule has 31 heavy (non-hydrogen) atoms. The van der Waals surface area contributed by atoms with Gasteiger partial charge in [0.1, 0.15) is 0 Å². The molecular weight excluding hydrogens is 442 g/mol. The lowest BCUT2D eigenvalue weighted by molar-refractivity contribution is -0.143. The molecule has 0 fully saturated rings. The molecule has 2 aromatic carbocycles. The van der Waals surface area contributed by atoms with E-state index in [-0.39, 0.29) is 24.5 Å². The topological polar surface area (TPSA) is 38.9 Å². The fourth-order valence-electron chi connectivity index (χ4n) is 3.33. The van der Waals surface area contributed by atoms with E-state index in [0.717, 1.165) is 12.1 Å². The number of hydrogen-bond donors (Lipinski definition) is 1. The molecule has 1 aromatic heterocycles. The second kappa shape index (κ2) is 8.78. The van der Waals surface area contributed by atoms with Crippen LogP contribution in [0.4, 0.5) is 32.0 Å². The van der Waals surface area contributed by atoms with Crippen molar-refractivity contribution in [3.05, 3.63) is 82.0 Å². The molecule has 0 atom stereocenters. The van der Waals surface area contributed by atoms with Gasteiger partial charge in [-0.25, -0.2) is 0 Å². The number of aromatic nitrogens is 1. The largest absolute Gasteiger partial charge is 0.416 e. The van der Waals surface area contributed by atoms with Gasteiger partial charge in [0.05, 0.1) is 21.8 Å². The standard InChI is InChI=1S/C22H17ClF6N2/c23-17-7-8-18(30)16(20(17)19-6-1-2-9-31-19)5-3-4-13-10-14(21(24,25)26)12-15(11-13)22(27,28)29/h1-2,6-12H,3-5,30H2. The van der Waals surface area contributed by atoms with Crippen LogP contribution >= 0.6 is 11.6 Å². The predicted molar refractivity (Wildman–Crippen MR) is 108 cm³/mol. The number of benzene rings is 2. The van der Waals surface area contributed by atoms with Crippen LogP contribution < -0.4 is 5.73 Å². The van der Waals surface area contributed by atoms with E-state index in [0.29, 0.717) is 34.0 Å². The van der Waals surface area contributed by atoms with Crippen LogP contribution in [0.3, 0.4) is 0 Å². The van der Waals surface area contributed by atoms with Gasteiger partial charge in [-0.2, -0.15) is 26.3 Å². The minimum absolute atomic E-state index is 0.000607. The maximum atomic E-state index is 13.1. The van der Waals surface area contributed by atoms with Crippen LogP contribution in [0.15, 0.2) is 54.7 Å². The summed E-state index contributed by atoms with van der Waals surface area (Å²) in [6, 6.07) is 10.1. The summed E-state index contributed by atoms with van der Waals surface area (Å²) < 4.78 is 78.3. The molecular formula is C22H17ClF6N2. The van der Waals surface area contributed by atoms with Crippen molar-refractivity contribution >= 4 is 17.3 Å². The smallest absolute Gasteiger partial charge is 0.398 e. The first-order valence-electron chi connectivity index (χ1n) is 9.23. The highest BCUT2D eigenvalue weighted by atomic mass is 35.5. The Morgan fingerprint density at radius 1 is 0.839 bits per heavy atom. The second-order valence-electron chi connectivity index (χ2n) is 6.97. The van der Waals surface area contributed by atoms with Crippen LogP contribution in [0.2, 0.25) is 5.02 Å². The third kappa shape index (κ3) is 5.50. The van der Waals surface area contributed by atoms with Crippen LogP contribution in [0.25, 0.3) is 11.3 Å². The summed E-state index contributed by atoms with van der Waals surface area (Å²) in [5.41, 5.74) is 5.63. The van der Waals surface area contributed by atoms with Gasteiger partial charge < -0.3 is 5.73 Å². The molecule has 0 aliphatic heterocycles. The van der Waals surface area contributed by atoms with E-state index in [1.807, 2.05) is 0 Å². The van der Waals surface area contributed by atoms with Crippen molar-refractivity contribution in [3.63, 3.8) is 0 Å². The van der Waals surface area contributed by atoms with E-state index in [1.54, 1.807) is 36.5 Å². The van der Waals surface area contributed by atoms with Gasteiger partial charge in [0.25, 0.3) is 0 Å². The van der Waals surface area contributed by atoms with Crippen molar-refractivity contribution in [3.8, 4) is 11.3 Å². The van der Waals surface area contributed by atoms with Crippen molar-refractivity contribution in [1.29, 1.82) is 0 Å². The Labute approximate surface area is 179 Å². The zero-order valence-electron chi connectivity index (χ0n) is 16.0. The van der Waals surface area contributed by atoms with E-state index in [1.165, 1.54) is 0 Å². The summed E-state index contributed by atoms with van der Waals surface area (Å²) in [6.45, 7) is 0. The zero-order valence-corrected chi connectivity index (χ0v) is 16.7. The first kappa shape index (κ1) is 22.9. The monoisotopic (exact) mass is 458 g/mol. The van der Waals surface area contributed by atoms with Gasteiger partial charge in [0, 0.05) is 17.4 Å². The fourth-order valence-corrected chi connectivity index (χ4v) is 3.60. The molecule has 0 amide bonds. The summed E-state index contributed by atoms with van der Waals surface area (Å²) in [6.07, 6.45) is -7.60. The van der Waals surface area contributed by atoms with Crippen LogP contribution in [0.1, 0.15) is 28.7 Å². The lowest BCUT2D eigenvalue weighted by atomic mass is 9.95. The third-order valence-corrected chi connectivity index (χ3v) is 5.07. The molecule has 164 valence electrons. The quantitative estimate of drug-likeness (QED) is 0.324. The molecule has 0 saturated carbocycles. The fraction of sp³-hybridized carbons (Fsp3) is 0.227. The Kier molecular flexibility index (Phi) is 6.50. The number of nitrogens with zero attached hydrogens (tertiary/aromatic N) is 1. The van der Waals surface area contributed by atoms with Gasteiger partial charge in [-0.15, -0.1) is 0 Å². The Balaban J connectivity index is 1.88.